The van der Waals surface area contributed by atoms with Gasteiger partial charge < -0.3 is 10.5 Å². The fourth-order valence-corrected chi connectivity index (χ4v) is 2.96. The van der Waals surface area contributed by atoms with Crippen molar-refractivity contribution in [2.45, 2.75) is 38.0 Å². The zero-order valence-electron chi connectivity index (χ0n) is 10.6. The van der Waals surface area contributed by atoms with Crippen molar-refractivity contribution >= 4 is 0 Å². The van der Waals surface area contributed by atoms with Crippen LogP contribution in [0.4, 0.5) is 4.39 Å². The number of halogens is 1. The van der Waals surface area contributed by atoms with Crippen LogP contribution in [0.15, 0.2) is 12.1 Å². The Kier molecular flexibility index (Phi) is 3.38. The summed E-state index contributed by atoms with van der Waals surface area (Å²) in [6.07, 6.45) is 4.50. The normalized spacial score (nSPS) is 18.4. The summed E-state index contributed by atoms with van der Waals surface area (Å²) >= 11 is 0. The molecule has 1 fully saturated rings. The van der Waals surface area contributed by atoms with Crippen LogP contribution in [0.2, 0.25) is 0 Å². The third-order valence-electron chi connectivity index (χ3n) is 4.00. The number of hydrogen-bond acceptors (Lipinski definition) is 2. The van der Waals surface area contributed by atoms with Gasteiger partial charge in [0.15, 0.2) is 11.6 Å². The number of methoxy groups -OCH3 is 1. The fourth-order valence-electron chi connectivity index (χ4n) is 2.96. The molecule has 0 bridgehead atoms. The third-order valence-corrected chi connectivity index (χ3v) is 4.00. The van der Waals surface area contributed by atoms with Crippen molar-refractivity contribution in [1.82, 2.24) is 0 Å². The van der Waals surface area contributed by atoms with Gasteiger partial charge in [0, 0.05) is 12.0 Å². The Morgan fingerprint density at radius 1 is 1.35 bits per heavy atom. The molecule has 0 aliphatic heterocycles. The van der Waals surface area contributed by atoms with Gasteiger partial charge in [-0.15, -0.1) is 0 Å². The molecular weight excluding hydrogens is 217 g/mol. The van der Waals surface area contributed by atoms with Gasteiger partial charge in [0.05, 0.1) is 7.11 Å². The molecule has 0 radical (unpaired) electrons. The summed E-state index contributed by atoms with van der Waals surface area (Å²) in [4.78, 5) is 0. The van der Waals surface area contributed by atoms with Gasteiger partial charge in [0.2, 0.25) is 0 Å². The van der Waals surface area contributed by atoms with Crippen LogP contribution in [-0.2, 0) is 5.41 Å². The Balaban J connectivity index is 2.45. The molecule has 0 atom stereocenters. The Hall–Kier alpha value is -1.09. The van der Waals surface area contributed by atoms with Gasteiger partial charge >= 0.3 is 0 Å². The minimum Gasteiger partial charge on any atom is -0.493 e. The van der Waals surface area contributed by atoms with Crippen molar-refractivity contribution in [2.75, 3.05) is 13.7 Å². The SMILES string of the molecule is COc1c(C)cc(C2(CN)CCCC2)cc1F. The van der Waals surface area contributed by atoms with Crippen LogP contribution in [0, 0.1) is 12.7 Å². The van der Waals surface area contributed by atoms with E-state index in [1.54, 1.807) is 6.07 Å². The molecule has 1 aromatic rings. The summed E-state index contributed by atoms with van der Waals surface area (Å²) in [6, 6.07) is 3.63. The van der Waals surface area contributed by atoms with E-state index in [0.29, 0.717) is 12.3 Å². The molecule has 17 heavy (non-hydrogen) atoms. The number of aryl methyl sites for hydroxylation is 1. The molecule has 1 aliphatic carbocycles. The molecule has 1 aromatic carbocycles. The molecule has 1 aliphatic rings. The largest absolute Gasteiger partial charge is 0.493 e. The summed E-state index contributed by atoms with van der Waals surface area (Å²) < 4.78 is 19.0. The smallest absolute Gasteiger partial charge is 0.165 e. The lowest BCUT2D eigenvalue weighted by Crippen LogP contribution is -2.32. The summed E-state index contributed by atoms with van der Waals surface area (Å²) in [6.45, 7) is 2.47. The van der Waals surface area contributed by atoms with E-state index in [-0.39, 0.29) is 11.2 Å². The van der Waals surface area contributed by atoms with Crippen LogP contribution in [0.5, 0.6) is 5.75 Å². The van der Waals surface area contributed by atoms with E-state index in [4.69, 9.17) is 10.5 Å². The first-order valence-electron chi connectivity index (χ1n) is 6.17. The zero-order valence-corrected chi connectivity index (χ0v) is 10.6. The number of rotatable bonds is 3. The number of hydrogen-bond donors (Lipinski definition) is 1. The molecule has 0 heterocycles. The molecule has 0 saturated heterocycles. The van der Waals surface area contributed by atoms with E-state index in [9.17, 15) is 4.39 Å². The highest BCUT2D eigenvalue weighted by molar-refractivity contribution is 5.41. The van der Waals surface area contributed by atoms with E-state index >= 15 is 0 Å². The van der Waals surface area contributed by atoms with Gasteiger partial charge in [-0.2, -0.15) is 0 Å². The maximum atomic E-state index is 13.9. The lowest BCUT2D eigenvalue weighted by Gasteiger charge is -2.28. The van der Waals surface area contributed by atoms with Crippen molar-refractivity contribution in [1.29, 1.82) is 0 Å². The molecule has 1 saturated carbocycles. The minimum absolute atomic E-state index is 0.0160. The Morgan fingerprint density at radius 2 is 2.00 bits per heavy atom. The topological polar surface area (TPSA) is 35.2 Å². The highest BCUT2D eigenvalue weighted by Gasteiger charge is 2.35. The molecule has 2 rings (SSSR count). The number of nitrogens with two attached hydrogens (primary N) is 1. The molecule has 3 heteroatoms. The van der Waals surface area contributed by atoms with E-state index < -0.39 is 0 Å². The van der Waals surface area contributed by atoms with Crippen LogP contribution in [0.3, 0.4) is 0 Å². The Bertz CT molecular complexity index is 388. The van der Waals surface area contributed by atoms with Crippen molar-refractivity contribution < 1.29 is 9.13 Å². The predicted octanol–water partition coefficient (Wildman–Crippen LogP) is 2.91. The van der Waals surface area contributed by atoms with Crippen molar-refractivity contribution in [3.05, 3.63) is 29.1 Å². The van der Waals surface area contributed by atoms with Crippen molar-refractivity contribution in [3.8, 4) is 5.75 Å². The standard InChI is InChI=1S/C14H20FNO/c1-10-7-11(8-12(15)13(10)17-2)14(9-16)5-3-4-6-14/h7-8H,3-6,9,16H2,1-2H3. The van der Waals surface area contributed by atoms with E-state index in [2.05, 4.69) is 0 Å². The maximum Gasteiger partial charge on any atom is 0.165 e. The molecule has 0 unspecified atom stereocenters. The number of benzene rings is 1. The average Bonchev–Trinajstić information content (AvgIpc) is 2.78. The van der Waals surface area contributed by atoms with E-state index in [0.717, 1.165) is 24.0 Å². The van der Waals surface area contributed by atoms with Crippen LogP contribution >= 0.6 is 0 Å². The van der Waals surface area contributed by atoms with Gasteiger partial charge in [0.1, 0.15) is 0 Å². The van der Waals surface area contributed by atoms with Gasteiger partial charge in [-0.1, -0.05) is 18.9 Å². The lowest BCUT2D eigenvalue weighted by atomic mass is 9.78. The second kappa shape index (κ2) is 4.65. The summed E-state index contributed by atoms with van der Waals surface area (Å²) in [7, 11) is 1.50. The highest BCUT2D eigenvalue weighted by Crippen LogP contribution is 2.42. The first-order chi connectivity index (χ1) is 8.13. The third kappa shape index (κ3) is 2.04. The molecule has 0 amide bonds. The molecule has 0 aromatic heterocycles. The monoisotopic (exact) mass is 237 g/mol. The molecular formula is C14H20FNO. The summed E-state index contributed by atoms with van der Waals surface area (Å²) in [5.41, 5.74) is 7.79. The first-order valence-corrected chi connectivity index (χ1v) is 6.17. The molecule has 2 nitrogen and oxygen atoms in total. The van der Waals surface area contributed by atoms with Crippen LogP contribution in [0.25, 0.3) is 0 Å². The van der Waals surface area contributed by atoms with Crippen molar-refractivity contribution in [2.24, 2.45) is 5.73 Å². The lowest BCUT2D eigenvalue weighted by molar-refractivity contribution is 0.379. The predicted molar refractivity (Wildman–Crippen MR) is 66.9 cm³/mol. The van der Waals surface area contributed by atoms with E-state index in [1.165, 1.54) is 20.0 Å². The van der Waals surface area contributed by atoms with E-state index in [1.807, 2.05) is 13.0 Å². The van der Waals surface area contributed by atoms with Crippen LogP contribution < -0.4 is 10.5 Å². The second-order valence-corrected chi connectivity index (χ2v) is 5.00. The van der Waals surface area contributed by atoms with Gasteiger partial charge in [-0.05, 0) is 37.0 Å². The fraction of sp³-hybridized carbons (Fsp3) is 0.571. The zero-order chi connectivity index (χ0) is 12.5. The van der Waals surface area contributed by atoms with Gasteiger partial charge in [-0.3, -0.25) is 0 Å². The maximum absolute atomic E-state index is 13.9. The Morgan fingerprint density at radius 3 is 2.47 bits per heavy atom. The van der Waals surface area contributed by atoms with Crippen LogP contribution in [-0.4, -0.2) is 13.7 Å². The summed E-state index contributed by atoms with van der Waals surface area (Å²) in [5.74, 6) is 0.0705. The second-order valence-electron chi connectivity index (χ2n) is 5.00. The van der Waals surface area contributed by atoms with Crippen molar-refractivity contribution in [3.63, 3.8) is 0 Å². The molecule has 0 spiro atoms. The average molecular weight is 237 g/mol. The minimum atomic E-state index is -0.276. The van der Waals surface area contributed by atoms with Gasteiger partial charge in [0.25, 0.3) is 0 Å². The summed E-state index contributed by atoms with van der Waals surface area (Å²) in [5, 5.41) is 0. The number of ether oxygens (including phenoxy) is 1. The quantitative estimate of drug-likeness (QED) is 0.877. The van der Waals surface area contributed by atoms with Crippen LogP contribution in [0.1, 0.15) is 36.8 Å². The first kappa shape index (κ1) is 12.4. The molecule has 2 N–H and O–H groups in total. The molecule has 94 valence electrons. The highest BCUT2D eigenvalue weighted by atomic mass is 19.1. The Labute approximate surface area is 102 Å². The van der Waals surface area contributed by atoms with Gasteiger partial charge in [-0.25, -0.2) is 4.39 Å².